The zero-order chi connectivity index (χ0) is 23.1. The average Bonchev–Trinajstić information content (AvgIpc) is 2.79. The smallest absolute Gasteiger partial charge is 0.343 e. The number of ether oxygens (including phenoxy) is 1. The van der Waals surface area contributed by atoms with Gasteiger partial charge >= 0.3 is 17.8 Å². The van der Waals surface area contributed by atoms with Crippen LogP contribution >= 0.6 is 39.1 Å². The van der Waals surface area contributed by atoms with Crippen molar-refractivity contribution in [2.45, 2.75) is 0 Å². The summed E-state index contributed by atoms with van der Waals surface area (Å²) in [5.41, 5.74) is 3.06. The van der Waals surface area contributed by atoms with E-state index < -0.39 is 17.8 Å². The number of anilines is 1. The highest BCUT2D eigenvalue weighted by molar-refractivity contribution is 9.10. The molecule has 0 fully saturated rings. The van der Waals surface area contributed by atoms with E-state index in [1.54, 1.807) is 60.7 Å². The lowest BCUT2D eigenvalue weighted by Crippen LogP contribution is -2.32. The summed E-state index contributed by atoms with van der Waals surface area (Å²) >= 11 is 15.2. The topological polar surface area (TPSA) is 96.9 Å². The lowest BCUT2D eigenvalue weighted by molar-refractivity contribution is -0.136. The Kier molecular flexibility index (Phi) is 7.99. The average molecular weight is 535 g/mol. The molecule has 0 aliphatic heterocycles. The van der Waals surface area contributed by atoms with Crippen LogP contribution in [0.3, 0.4) is 0 Å². The Labute approximate surface area is 201 Å². The molecule has 2 N–H and O–H groups in total. The first-order chi connectivity index (χ1) is 15.3. The van der Waals surface area contributed by atoms with Crippen LogP contribution in [0.1, 0.15) is 15.9 Å². The number of carbonyl (C=O) groups excluding carboxylic acids is 3. The molecule has 32 heavy (non-hydrogen) atoms. The lowest BCUT2D eigenvalue weighted by atomic mass is 10.2. The molecule has 0 radical (unpaired) electrons. The van der Waals surface area contributed by atoms with E-state index in [2.05, 4.69) is 31.8 Å². The molecule has 2 amide bonds. The van der Waals surface area contributed by atoms with Gasteiger partial charge in [-0.15, -0.1) is 0 Å². The fraction of sp³-hybridized carbons (Fsp3) is 0. The maximum absolute atomic E-state index is 12.3. The maximum Gasteiger partial charge on any atom is 0.343 e. The Morgan fingerprint density at radius 3 is 2.44 bits per heavy atom. The van der Waals surface area contributed by atoms with E-state index in [4.69, 9.17) is 27.9 Å². The molecule has 0 heterocycles. The van der Waals surface area contributed by atoms with Gasteiger partial charge in [-0.2, -0.15) is 5.10 Å². The number of hydrazone groups is 1. The van der Waals surface area contributed by atoms with Crippen LogP contribution in [0.5, 0.6) is 5.75 Å². The number of amides is 2. The molecular weight excluding hydrogens is 521 g/mol. The van der Waals surface area contributed by atoms with Gasteiger partial charge in [0.25, 0.3) is 0 Å². The van der Waals surface area contributed by atoms with Crippen molar-refractivity contribution in [1.82, 2.24) is 5.43 Å². The summed E-state index contributed by atoms with van der Waals surface area (Å²) in [5, 5.41) is 6.46. The normalized spacial score (nSPS) is 10.6. The van der Waals surface area contributed by atoms with E-state index in [1.807, 2.05) is 0 Å². The second-order valence-electron chi connectivity index (χ2n) is 6.19. The van der Waals surface area contributed by atoms with Crippen LogP contribution in [0.25, 0.3) is 0 Å². The highest BCUT2D eigenvalue weighted by Crippen LogP contribution is 2.29. The van der Waals surface area contributed by atoms with Crippen molar-refractivity contribution < 1.29 is 19.1 Å². The Bertz CT molecular complexity index is 1200. The largest absolute Gasteiger partial charge is 0.422 e. The highest BCUT2D eigenvalue weighted by Gasteiger charge is 2.16. The summed E-state index contributed by atoms with van der Waals surface area (Å²) < 4.78 is 6.12. The van der Waals surface area contributed by atoms with Gasteiger partial charge < -0.3 is 10.1 Å². The van der Waals surface area contributed by atoms with E-state index in [-0.39, 0.29) is 21.5 Å². The fourth-order valence-corrected chi connectivity index (χ4v) is 3.16. The summed E-state index contributed by atoms with van der Waals surface area (Å²) in [6.07, 6.45) is 1.25. The molecular formula is C22H14BrCl2N3O4. The minimum Gasteiger partial charge on any atom is -0.422 e. The second-order valence-corrected chi connectivity index (χ2v) is 7.89. The molecule has 3 rings (SSSR count). The van der Waals surface area contributed by atoms with E-state index in [0.29, 0.717) is 15.6 Å². The summed E-state index contributed by atoms with van der Waals surface area (Å²) in [4.78, 5) is 36.4. The number of nitrogens with zero attached hydrogens (tertiary/aromatic N) is 1. The summed E-state index contributed by atoms with van der Waals surface area (Å²) in [6.45, 7) is 0. The molecule has 10 heteroatoms. The minimum atomic E-state index is -1.03. The van der Waals surface area contributed by atoms with Crippen molar-refractivity contribution in [2.75, 3.05) is 5.32 Å². The standard InChI is InChI=1S/C22H14BrCl2N3O4/c23-15-9-10-18(32-22(31)13-5-2-1-3-6-13)14(11-15)12-26-28-21(30)20(29)27-17-8-4-7-16(24)19(17)25/h1-12H,(H,27,29)(H,28,30)/b26-12-. The van der Waals surface area contributed by atoms with Gasteiger partial charge in [-0.05, 0) is 42.5 Å². The number of halogens is 3. The van der Waals surface area contributed by atoms with Gasteiger partial charge in [-0.3, -0.25) is 9.59 Å². The van der Waals surface area contributed by atoms with Gasteiger partial charge in [0.1, 0.15) is 5.75 Å². The minimum absolute atomic E-state index is 0.109. The van der Waals surface area contributed by atoms with Crippen LogP contribution in [0, 0.1) is 0 Å². The molecule has 0 atom stereocenters. The Balaban J connectivity index is 1.67. The quantitative estimate of drug-likeness (QED) is 0.157. The van der Waals surface area contributed by atoms with E-state index >= 15 is 0 Å². The number of hydrogen-bond donors (Lipinski definition) is 2. The Morgan fingerprint density at radius 2 is 1.69 bits per heavy atom. The molecule has 3 aromatic rings. The van der Waals surface area contributed by atoms with Gasteiger partial charge in [-0.1, -0.05) is 63.4 Å². The molecule has 0 bridgehead atoms. The van der Waals surface area contributed by atoms with Crippen molar-refractivity contribution >= 4 is 68.8 Å². The predicted molar refractivity (Wildman–Crippen MR) is 126 cm³/mol. The first-order valence-corrected chi connectivity index (χ1v) is 10.5. The number of nitrogens with one attached hydrogen (secondary N) is 2. The lowest BCUT2D eigenvalue weighted by Gasteiger charge is -2.08. The van der Waals surface area contributed by atoms with Gasteiger partial charge in [0, 0.05) is 10.0 Å². The molecule has 0 saturated carbocycles. The summed E-state index contributed by atoms with van der Waals surface area (Å²) in [7, 11) is 0. The van der Waals surface area contributed by atoms with Crippen molar-refractivity contribution in [3.8, 4) is 5.75 Å². The second kappa shape index (κ2) is 10.9. The Morgan fingerprint density at radius 1 is 0.938 bits per heavy atom. The van der Waals surface area contributed by atoms with E-state index in [0.717, 1.165) is 0 Å². The van der Waals surface area contributed by atoms with Gasteiger partial charge in [-0.25, -0.2) is 10.2 Å². The number of carbonyl (C=O) groups is 3. The third kappa shape index (κ3) is 6.16. The number of benzene rings is 3. The fourth-order valence-electron chi connectivity index (χ4n) is 2.44. The van der Waals surface area contributed by atoms with E-state index in [1.165, 1.54) is 12.3 Å². The first-order valence-electron chi connectivity index (χ1n) is 9.00. The number of rotatable bonds is 5. The molecule has 7 nitrogen and oxygen atoms in total. The van der Waals surface area contributed by atoms with Crippen LogP contribution in [0.2, 0.25) is 10.0 Å². The van der Waals surface area contributed by atoms with Crippen LogP contribution in [-0.2, 0) is 9.59 Å². The third-order valence-electron chi connectivity index (χ3n) is 3.96. The molecule has 0 aromatic heterocycles. The van der Waals surface area contributed by atoms with Crippen molar-refractivity contribution in [3.63, 3.8) is 0 Å². The zero-order valence-electron chi connectivity index (χ0n) is 16.1. The number of esters is 1. The van der Waals surface area contributed by atoms with Gasteiger partial charge in [0.2, 0.25) is 0 Å². The molecule has 0 saturated heterocycles. The maximum atomic E-state index is 12.3. The molecule has 0 spiro atoms. The van der Waals surface area contributed by atoms with Crippen LogP contribution < -0.4 is 15.5 Å². The van der Waals surface area contributed by atoms with E-state index in [9.17, 15) is 14.4 Å². The summed E-state index contributed by atoms with van der Waals surface area (Å²) in [5.74, 6) is -2.36. The molecule has 162 valence electrons. The summed E-state index contributed by atoms with van der Waals surface area (Å²) in [6, 6.07) is 18.0. The molecule has 3 aromatic carbocycles. The zero-order valence-corrected chi connectivity index (χ0v) is 19.2. The third-order valence-corrected chi connectivity index (χ3v) is 5.27. The van der Waals surface area contributed by atoms with Gasteiger partial charge in [0.15, 0.2) is 0 Å². The van der Waals surface area contributed by atoms with Gasteiger partial charge in [0.05, 0.1) is 27.5 Å². The van der Waals surface area contributed by atoms with Crippen LogP contribution in [0.15, 0.2) is 76.3 Å². The van der Waals surface area contributed by atoms with Crippen molar-refractivity contribution in [1.29, 1.82) is 0 Å². The first kappa shape index (κ1) is 23.5. The Hall–Kier alpha value is -3.20. The van der Waals surface area contributed by atoms with Crippen molar-refractivity contribution in [2.24, 2.45) is 5.10 Å². The molecule has 0 aliphatic carbocycles. The monoisotopic (exact) mass is 533 g/mol. The SMILES string of the molecule is O=C(N/N=C\c1cc(Br)ccc1OC(=O)c1ccccc1)C(=O)Nc1cccc(Cl)c1Cl. The highest BCUT2D eigenvalue weighted by atomic mass is 79.9. The predicted octanol–water partition coefficient (Wildman–Crippen LogP) is 5.06. The number of hydrogen-bond acceptors (Lipinski definition) is 5. The molecule has 0 aliphatic rings. The molecule has 0 unspecified atom stereocenters. The van der Waals surface area contributed by atoms with Crippen LogP contribution in [-0.4, -0.2) is 24.0 Å². The van der Waals surface area contributed by atoms with Crippen LogP contribution in [0.4, 0.5) is 5.69 Å². The van der Waals surface area contributed by atoms with Crippen molar-refractivity contribution in [3.05, 3.63) is 92.4 Å².